The van der Waals surface area contributed by atoms with Crippen molar-refractivity contribution >= 4 is 11.6 Å². The van der Waals surface area contributed by atoms with E-state index in [2.05, 4.69) is 10.4 Å². The zero-order chi connectivity index (χ0) is 17.9. The smallest absolute Gasteiger partial charge is 0.269 e. The number of carbonyl (C=O) groups is 1. The number of rotatable bonds is 4. The fourth-order valence-electron chi connectivity index (χ4n) is 2.89. The molecule has 2 aromatic carbocycles. The predicted octanol–water partition coefficient (Wildman–Crippen LogP) is 3.10. The highest BCUT2D eigenvalue weighted by Gasteiger charge is 2.34. The monoisotopic (exact) mass is 349 g/mol. The van der Waals surface area contributed by atoms with Crippen LogP contribution >= 0.6 is 0 Å². The van der Waals surface area contributed by atoms with Crippen molar-refractivity contribution in [3.8, 4) is 11.5 Å². The number of hydrogen-bond acceptors (Lipinski definition) is 4. The molecular formula is C20H19N3O3. The van der Waals surface area contributed by atoms with Crippen LogP contribution in [0.3, 0.4) is 0 Å². The van der Waals surface area contributed by atoms with Crippen molar-refractivity contribution in [2.45, 2.75) is 25.7 Å². The summed E-state index contributed by atoms with van der Waals surface area (Å²) in [6, 6.07) is 16.9. The van der Waals surface area contributed by atoms with E-state index in [0.29, 0.717) is 23.7 Å². The Bertz CT molecular complexity index is 891. The first-order valence-electron chi connectivity index (χ1n) is 8.48. The average molecular weight is 349 g/mol. The second kappa shape index (κ2) is 6.92. The van der Waals surface area contributed by atoms with Crippen molar-refractivity contribution in [2.24, 2.45) is 0 Å². The second-order valence-corrected chi connectivity index (χ2v) is 6.20. The first-order chi connectivity index (χ1) is 12.7. The standard InChI is InChI=1S/C20H19N3O3/c1-14-19(26-18-6-3-2-5-17(18)25-14)20(24)22-16-9-7-15(8-10-16)13-23-12-4-11-21-23/h2-12,14,19H,13H2,1H3,(H,22,24)/t14-,19+/m1/s1. The maximum absolute atomic E-state index is 12.6. The Hall–Kier alpha value is -3.28. The fraction of sp³-hybridized carbons (Fsp3) is 0.200. The van der Waals surface area contributed by atoms with Gasteiger partial charge in [-0.25, -0.2) is 0 Å². The lowest BCUT2D eigenvalue weighted by molar-refractivity contribution is -0.128. The van der Waals surface area contributed by atoms with Gasteiger partial charge in [0.25, 0.3) is 5.91 Å². The number of hydrogen-bond donors (Lipinski definition) is 1. The second-order valence-electron chi connectivity index (χ2n) is 6.20. The molecule has 6 nitrogen and oxygen atoms in total. The van der Waals surface area contributed by atoms with Crippen molar-refractivity contribution in [3.05, 3.63) is 72.6 Å². The SMILES string of the molecule is C[C@H]1Oc2ccccc2O[C@@H]1C(=O)Nc1ccc(Cn2cccn2)cc1. The molecule has 2 atom stereocenters. The number of benzene rings is 2. The van der Waals surface area contributed by atoms with Crippen LogP contribution in [0, 0.1) is 0 Å². The summed E-state index contributed by atoms with van der Waals surface area (Å²) in [5, 5.41) is 7.08. The molecule has 0 spiro atoms. The molecule has 0 aliphatic carbocycles. The number of anilines is 1. The maximum Gasteiger partial charge on any atom is 0.269 e. The van der Waals surface area contributed by atoms with Crippen LogP contribution in [0.25, 0.3) is 0 Å². The van der Waals surface area contributed by atoms with Gasteiger partial charge in [0.15, 0.2) is 11.5 Å². The van der Waals surface area contributed by atoms with Gasteiger partial charge >= 0.3 is 0 Å². The van der Waals surface area contributed by atoms with Crippen molar-refractivity contribution in [1.29, 1.82) is 0 Å². The molecule has 2 heterocycles. The Labute approximate surface area is 151 Å². The highest BCUT2D eigenvalue weighted by atomic mass is 16.6. The van der Waals surface area contributed by atoms with Crippen molar-refractivity contribution < 1.29 is 14.3 Å². The van der Waals surface area contributed by atoms with Crippen molar-refractivity contribution in [2.75, 3.05) is 5.32 Å². The average Bonchev–Trinajstić information content (AvgIpc) is 3.16. The molecule has 1 aliphatic rings. The van der Waals surface area contributed by atoms with E-state index in [1.807, 2.05) is 66.3 Å². The van der Waals surface area contributed by atoms with Crippen molar-refractivity contribution in [3.63, 3.8) is 0 Å². The molecule has 1 amide bonds. The highest BCUT2D eigenvalue weighted by molar-refractivity contribution is 5.95. The molecule has 26 heavy (non-hydrogen) atoms. The van der Waals surface area contributed by atoms with Gasteiger partial charge in [0, 0.05) is 18.1 Å². The topological polar surface area (TPSA) is 65.4 Å². The molecule has 0 bridgehead atoms. The summed E-state index contributed by atoms with van der Waals surface area (Å²) in [5.74, 6) is 1.01. The number of nitrogens with one attached hydrogen (secondary N) is 1. The molecule has 1 aromatic heterocycles. The summed E-state index contributed by atoms with van der Waals surface area (Å²) >= 11 is 0. The summed E-state index contributed by atoms with van der Waals surface area (Å²) in [7, 11) is 0. The van der Waals surface area contributed by atoms with Gasteiger partial charge in [-0.15, -0.1) is 0 Å². The molecule has 1 N–H and O–H groups in total. The van der Waals surface area contributed by atoms with Gasteiger partial charge < -0.3 is 14.8 Å². The van der Waals surface area contributed by atoms with Gasteiger partial charge in [-0.1, -0.05) is 24.3 Å². The first kappa shape index (κ1) is 16.2. The van der Waals surface area contributed by atoms with E-state index < -0.39 is 6.10 Å². The predicted molar refractivity (Wildman–Crippen MR) is 97.3 cm³/mol. The zero-order valence-corrected chi connectivity index (χ0v) is 14.3. The van der Waals surface area contributed by atoms with Gasteiger partial charge in [0.2, 0.25) is 6.10 Å². The zero-order valence-electron chi connectivity index (χ0n) is 14.3. The molecule has 132 valence electrons. The minimum Gasteiger partial charge on any atom is -0.482 e. The Morgan fingerprint density at radius 3 is 2.50 bits per heavy atom. The van der Waals surface area contributed by atoms with Gasteiger partial charge in [0.05, 0.1) is 6.54 Å². The van der Waals surface area contributed by atoms with E-state index >= 15 is 0 Å². The van der Waals surface area contributed by atoms with Crippen LogP contribution in [0.1, 0.15) is 12.5 Å². The molecule has 0 fully saturated rings. The van der Waals surface area contributed by atoms with E-state index in [1.54, 1.807) is 12.3 Å². The van der Waals surface area contributed by atoms with Crippen molar-refractivity contribution in [1.82, 2.24) is 9.78 Å². The largest absolute Gasteiger partial charge is 0.482 e. The summed E-state index contributed by atoms with van der Waals surface area (Å²) < 4.78 is 13.5. The van der Waals surface area contributed by atoms with Crippen LogP contribution in [0.4, 0.5) is 5.69 Å². The molecule has 1 aliphatic heterocycles. The van der Waals surface area contributed by atoms with E-state index in [-0.39, 0.29) is 12.0 Å². The number of nitrogens with zero attached hydrogens (tertiary/aromatic N) is 2. The first-order valence-corrected chi connectivity index (χ1v) is 8.48. The number of fused-ring (bicyclic) bond motifs is 1. The van der Waals surface area contributed by atoms with E-state index in [0.717, 1.165) is 5.56 Å². The van der Waals surface area contributed by atoms with Crippen LogP contribution in [0.15, 0.2) is 67.0 Å². The van der Waals surface area contributed by atoms with Crippen LogP contribution in [0.5, 0.6) is 11.5 Å². The Morgan fingerprint density at radius 1 is 1.08 bits per heavy atom. The van der Waals surface area contributed by atoms with Gasteiger partial charge in [-0.3, -0.25) is 9.48 Å². The summed E-state index contributed by atoms with van der Waals surface area (Å²) in [6.45, 7) is 2.52. The normalized spacial score (nSPS) is 18.3. The molecular weight excluding hydrogens is 330 g/mol. The number of aromatic nitrogens is 2. The molecule has 3 aromatic rings. The highest BCUT2D eigenvalue weighted by Crippen LogP contribution is 2.33. The van der Waals surface area contributed by atoms with Crippen LogP contribution < -0.4 is 14.8 Å². The minimum atomic E-state index is -0.700. The number of para-hydroxylation sites is 2. The van der Waals surface area contributed by atoms with E-state index in [9.17, 15) is 4.79 Å². The van der Waals surface area contributed by atoms with E-state index in [1.165, 1.54) is 0 Å². The molecule has 4 rings (SSSR count). The Balaban J connectivity index is 1.41. The number of carbonyl (C=O) groups excluding carboxylic acids is 1. The fourth-order valence-corrected chi connectivity index (χ4v) is 2.89. The molecule has 0 unspecified atom stereocenters. The van der Waals surface area contributed by atoms with Gasteiger partial charge in [-0.2, -0.15) is 5.10 Å². The van der Waals surface area contributed by atoms with Gasteiger partial charge in [-0.05, 0) is 42.8 Å². The lowest BCUT2D eigenvalue weighted by Gasteiger charge is -2.31. The van der Waals surface area contributed by atoms with Crippen LogP contribution in [0.2, 0.25) is 0 Å². The minimum absolute atomic E-state index is 0.230. The Kier molecular flexibility index (Phi) is 4.31. The van der Waals surface area contributed by atoms with Crippen LogP contribution in [-0.4, -0.2) is 27.9 Å². The molecule has 0 saturated carbocycles. The third-order valence-electron chi connectivity index (χ3n) is 4.23. The third-order valence-corrected chi connectivity index (χ3v) is 4.23. The van der Waals surface area contributed by atoms with E-state index in [4.69, 9.17) is 9.47 Å². The molecule has 0 radical (unpaired) electrons. The summed E-state index contributed by atoms with van der Waals surface area (Å²) in [5.41, 5.74) is 1.82. The quantitative estimate of drug-likeness (QED) is 0.786. The molecule has 6 heteroatoms. The summed E-state index contributed by atoms with van der Waals surface area (Å²) in [6.07, 6.45) is 2.59. The maximum atomic E-state index is 12.6. The third kappa shape index (κ3) is 3.39. The lowest BCUT2D eigenvalue weighted by Crippen LogP contribution is -2.46. The Morgan fingerprint density at radius 2 is 1.81 bits per heavy atom. The number of amides is 1. The van der Waals surface area contributed by atoms with Crippen LogP contribution in [-0.2, 0) is 11.3 Å². The summed E-state index contributed by atoms with van der Waals surface area (Å²) in [4.78, 5) is 12.6. The molecule has 0 saturated heterocycles. The lowest BCUT2D eigenvalue weighted by atomic mass is 10.1. The number of ether oxygens (including phenoxy) is 2. The van der Waals surface area contributed by atoms with Gasteiger partial charge in [0.1, 0.15) is 6.10 Å².